The van der Waals surface area contributed by atoms with Crippen molar-refractivity contribution in [2.24, 2.45) is 0 Å². The average Bonchev–Trinajstić information content (AvgIpc) is 2.59. The maximum absolute atomic E-state index is 12.6. The van der Waals surface area contributed by atoms with Gasteiger partial charge in [-0.25, -0.2) is 0 Å². The smallest absolute Gasteiger partial charge is 0.223 e. The Kier molecular flexibility index (Phi) is 4.91. The molecular weight excluding hydrogens is 286 g/mol. The first-order valence-electron chi connectivity index (χ1n) is 8.50. The van der Waals surface area contributed by atoms with Gasteiger partial charge in [0.1, 0.15) is 0 Å². The summed E-state index contributed by atoms with van der Waals surface area (Å²) in [6.07, 6.45) is 2.28. The fourth-order valence-corrected chi connectivity index (χ4v) is 3.31. The van der Waals surface area contributed by atoms with Gasteiger partial charge in [-0.05, 0) is 32.0 Å². The van der Waals surface area contributed by atoms with E-state index in [-0.39, 0.29) is 5.91 Å². The minimum absolute atomic E-state index is 0.264. The van der Waals surface area contributed by atoms with Crippen molar-refractivity contribution in [3.8, 4) is 0 Å². The topological polar surface area (TPSA) is 36.4 Å². The summed E-state index contributed by atoms with van der Waals surface area (Å²) < 4.78 is 0. The average molecular weight is 311 g/mol. The fourth-order valence-electron chi connectivity index (χ4n) is 3.31. The van der Waals surface area contributed by atoms with Crippen LogP contribution < -0.4 is 0 Å². The first-order valence-corrected chi connectivity index (χ1v) is 8.50. The minimum atomic E-state index is 0.264. The summed E-state index contributed by atoms with van der Waals surface area (Å²) in [6, 6.07) is 12.6. The van der Waals surface area contributed by atoms with E-state index in [0.717, 1.165) is 42.7 Å². The van der Waals surface area contributed by atoms with Crippen LogP contribution in [0.4, 0.5) is 0 Å². The Bertz CT molecular complexity index is 685. The zero-order valence-corrected chi connectivity index (χ0v) is 14.0. The molecule has 1 aliphatic rings. The quantitative estimate of drug-likeness (QED) is 0.871. The number of nitrogens with zero attached hydrogens (tertiary/aromatic N) is 3. The lowest BCUT2D eigenvalue weighted by Gasteiger charge is -2.39. The van der Waals surface area contributed by atoms with Crippen LogP contribution in [-0.2, 0) is 11.2 Å². The molecule has 1 fully saturated rings. The number of benzene rings is 1. The van der Waals surface area contributed by atoms with Crippen LogP contribution in [0.3, 0.4) is 0 Å². The number of pyridine rings is 1. The molecule has 4 nitrogen and oxygen atoms in total. The predicted octanol–water partition coefficient (Wildman–Crippen LogP) is 2.72. The third-order valence-corrected chi connectivity index (χ3v) is 4.73. The molecule has 3 rings (SSSR count). The Labute approximate surface area is 138 Å². The van der Waals surface area contributed by atoms with Crippen LogP contribution in [0.2, 0.25) is 0 Å². The highest BCUT2D eigenvalue weighted by Gasteiger charge is 2.27. The molecule has 0 spiro atoms. The minimum Gasteiger partial charge on any atom is -0.337 e. The molecule has 1 aromatic heterocycles. The van der Waals surface area contributed by atoms with Crippen molar-refractivity contribution in [1.29, 1.82) is 0 Å². The van der Waals surface area contributed by atoms with E-state index in [9.17, 15) is 4.79 Å². The van der Waals surface area contributed by atoms with Crippen LogP contribution in [0.1, 0.15) is 25.5 Å². The lowest BCUT2D eigenvalue weighted by molar-refractivity contribution is -0.135. The zero-order chi connectivity index (χ0) is 16.2. The highest BCUT2D eigenvalue weighted by atomic mass is 16.2. The van der Waals surface area contributed by atoms with Gasteiger partial charge in [-0.3, -0.25) is 9.78 Å². The normalized spacial score (nSPS) is 19.2. The van der Waals surface area contributed by atoms with Crippen LogP contribution in [0.5, 0.6) is 0 Å². The summed E-state index contributed by atoms with van der Waals surface area (Å²) in [5, 5.41) is 1.15. The van der Waals surface area contributed by atoms with Gasteiger partial charge in [-0.2, -0.15) is 0 Å². The Morgan fingerprint density at radius 2 is 2.04 bits per heavy atom. The number of rotatable bonds is 4. The number of carbonyl (C=O) groups excluding carboxylic acids is 1. The largest absolute Gasteiger partial charge is 0.337 e. The third kappa shape index (κ3) is 3.70. The number of fused-ring (bicyclic) bond motifs is 1. The first-order chi connectivity index (χ1) is 11.2. The van der Waals surface area contributed by atoms with Gasteiger partial charge >= 0.3 is 0 Å². The fraction of sp³-hybridized carbons (Fsp3) is 0.474. The molecule has 1 atom stereocenters. The number of aryl methyl sites for hydroxylation is 1. The monoisotopic (exact) mass is 311 g/mol. The van der Waals surface area contributed by atoms with Crippen molar-refractivity contribution >= 4 is 16.8 Å². The predicted molar refractivity (Wildman–Crippen MR) is 93.4 cm³/mol. The Morgan fingerprint density at radius 3 is 2.87 bits per heavy atom. The Hall–Kier alpha value is -1.94. The van der Waals surface area contributed by atoms with Gasteiger partial charge in [0, 0.05) is 43.2 Å². The number of carbonyl (C=O) groups is 1. The summed E-state index contributed by atoms with van der Waals surface area (Å²) in [7, 11) is 2.13. The standard InChI is InChI=1S/C19H25N3O/c1-3-17-14-21(2)12-13-22(17)19(23)11-10-16-9-8-15-6-4-5-7-18(15)20-16/h4-9,17H,3,10-14H2,1-2H3. The van der Waals surface area contributed by atoms with Crippen LogP contribution in [0.15, 0.2) is 36.4 Å². The second-order valence-corrected chi connectivity index (χ2v) is 6.41. The molecule has 1 amide bonds. The van der Waals surface area contributed by atoms with Gasteiger partial charge in [-0.15, -0.1) is 0 Å². The number of para-hydroxylation sites is 1. The molecule has 1 saturated heterocycles. The summed E-state index contributed by atoms with van der Waals surface area (Å²) in [4.78, 5) is 21.6. The molecule has 4 heteroatoms. The molecule has 1 aromatic carbocycles. The number of aromatic nitrogens is 1. The van der Waals surface area contributed by atoms with E-state index in [1.165, 1.54) is 0 Å². The molecule has 1 aliphatic heterocycles. The van der Waals surface area contributed by atoms with Crippen LogP contribution in [0.25, 0.3) is 10.9 Å². The highest BCUT2D eigenvalue weighted by Crippen LogP contribution is 2.16. The number of hydrogen-bond acceptors (Lipinski definition) is 3. The summed E-state index contributed by atoms with van der Waals surface area (Å²) in [6.45, 7) is 4.96. The lowest BCUT2D eigenvalue weighted by Crippen LogP contribution is -2.53. The van der Waals surface area contributed by atoms with Crippen molar-refractivity contribution < 1.29 is 4.79 Å². The van der Waals surface area contributed by atoms with Gasteiger partial charge in [0.05, 0.1) is 5.52 Å². The van der Waals surface area contributed by atoms with Gasteiger partial charge in [0.25, 0.3) is 0 Å². The molecule has 122 valence electrons. The summed E-state index contributed by atoms with van der Waals surface area (Å²) in [5.41, 5.74) is 2.00. The summed E-state index contributed by atoms with van der Waals surface area (Å²) in [5.74, 6) is 0.264. The highest BCUT2D eigenvalue weighted by molar-refractivity contribution is 5.79. The third-order valence-electron chi connectivity index (χ3n) is 4.73. The number of piperazine rings is 1. The molecule has 0 aliphatic carbocycles. The van der Waals surface area contributed by atoms with Crippen molar-refractivity contribution in [2.75, 3.05) is 26.7 Å². The molecule has 2 heterocycles. The zero-order valence-electron chi connectivity index (χ0n) is 14.0. The molecule has 0 saturated carbocycles. The van der Waals surface area contributed by atoms with Gasteiger partial charge in [-0.1, -0.05) is 31.2 Å². The van der Waals surface area contributed by atoms with Gasteiger partial charge < -0.3 is 9.80 Å². The van der Waals surface area contributed by atoms with Crippen molar-refractivity contribution in [3.63, 3.8) is 0 Å². The second-order valence-electron chi connectivity index (χ2n) is 6.41. The number of hydrogen-bond donors (Lipinski definition) is 0. The van der Waals surface area contributed by atoms with E-state index in [2.05, 4.69) is 40.9 Å². The molecule has 0 N–H and O–H groups in total. The Morgan fingerprint density at radius 1 is 1.22 bits per heavy atom. The molecule has 2 aromatic rings. The van der Waals surface area contributed by atoms with Crippen molar-refractivity contribution in [1.82, 2.24) is 14.8 Å². The first kappa shape index (κ1) is 15.9. The van der Waals surface area contributed by atoms with Crippen LogP contribution in [-0.4, -0.2) is 53.4 Å². The van der Waals surface area contributed by atoms with Crippen LogP contribution in [0, 0.1) is 0 Å². The molecule has 0 radical (unpaired) electrons. The SMILES string of the molecule is CCC1CN(C)CCN1C(=O)CCc1ccc2ccccc2n1. The van der Waals surface area contributed by atoms with E-state index < -0.39 is 0 Å². The van der Waals surface area contributed by atoms with E-state index >= 15 is 0 Å². The lowest BCUT2D eigenvalue weighted by atomic mass is 10.1. The van der Waals surface area contributed by atoms with E-state index in [1.54, 1.807) is 0 Å². The summed E-state index contributed by atoms with van der Waals surface area (Å²) >= 11 is 0. The maximum atomic E-state index is 12.6. The van der Waals surface area contributed by atoms with E-state index in [0.29, 0.717) is 18.9 Å². The maximum Gasteiger partial charge on any atom is 0.223 e. The van der Waals surface area contributed by atoms with E-state index in [1.807, 2.05) is 24.3 Å². The molecule has 0 bridgehead atoms. The van der Waals surface area contributed by atoms with Crippen LogP contribution >= 0.6 is 0 Å². The molecule has 1 unspecified atom stereocenters. The Balaban J connectivity index is 1.63. The number of likely N-dealkylation sites (N-methyl/N-ethyl adjacent to an activating group) is 1. The van der Waals surface area contributed by atoms with Gasteiger partial charge in [0.15, 0.2) is 0 Å². The van der Waals surface area contributed by atoms with Gasteiger partial charge in [0.2, 0.25) is 5.91 Å². The number of amides is 1. The second kappa shape index (κ2) is 7.09. The van der Waals surface area contributed by atoms with E-state index in [4.69, 9.17) is 0 Å². The van der Waals surface area contributed by atoms with Crippen molar-refractivity contribution in [2.45, 2.75) is 32.2 Å². The molecule has 23 heavy (non-hydrogen) atoms. The molecular formula is C19H25N3O. The van der Waals surface area contributed by atoms with Crippen molar-refractivity contribution in [3.05, 3.63) is 42.1 Å².